The van der Waals surface area contributed by atoms with Crippen LogP contribution in [0.2, 0.25) is 0 Å². The number of carboxylic acids is 1. The summed E-state index contributed by atoms with van der Waals surface area (Å²) in [6, 6.07) is 7.46. The number of hydrogen-bond acceptors (Lipinski definition) is 3. The Kier molecular flexibility index (Phi) is 6.20. The van der Waals surface area contributed by atoms with Gasteiger partial charge < -0.3 is 14.7 Å². The van der Waals surface area contributed by atoms with Gasteiger partial charge in [-0.05, 0) is 38.5 Å². The van der Waals surface area contributed by atoms with Crippen molar-refractivity contribution in [3.8, 4) is 5.75 Å². The first-order valence-electron chi connectivity index (χ1n) is 6.63. The van der Waals surface area contributed by atoms with Gasteiger partial charge in [-0.3, -0.25) is 4.79 Å². The molecule has 0 atom stereocenters. The minimum Gasteiger partial charge on any atom is -0.494 e. The number of aliphatic carboxylic acids is 1. The summed E-state index contributed by atoms with van der Waals surface area (Å²) in [6.45, 7) is 3.42. The van der Waals surface area contributed by atoms with Crippen LogP contribution >= 0.6 is 15.9 Å². The zero-order chi connectivity index (χ0) is 16.0. The summed E-state index contributed by atoms with van der Waals surface area (Å²) in [5, 5.41) is 9.08. The third-order valence-corrected chi connectivity index (χ3v) is 3.83. The quantitative estimate of drug-likeness (QED) is 0.761. The van der Waals surface area contributed by atoms with Gasteiger partial charge in [-0.15, -0.1) is 0 Å². The smallest absolute Gasteiger partial charge is 0.329 e. The lowest BCUT2D eigenvalue weighted by Gasteiger charge is -2.31. The topological polar surface area (TPSA) is 66.8 Å². The number of carbonyl (C=O) groups excluding carboxylic acids is 1. The van der Waals surface area contributed by atoms with E-state index in [9.17, 15) is 9.59 Å². The van der Waals surface area contributed by atoms with Crippen LogP contribution in [0, 0.1) is 0 Å². The van der Waals surface area contributed by atoms with Gasteiger partial charge in [0.25, 0.3) is 0 Å². The third-order valence-electron chi connectivity index (χ3n) is 3.34. The molecule has 1 amide bonds. The maximum atomic E-state index is 12.0. The van der Waals surface area contributed by atoms with Crippen molar-refractivity contribution >= 4 is 27.8 Å². The van der Waals surface area contributed by atoms with E-state index in [4.69, 9.17) is 9.84 Å². The normalized spacial score (nSPS) is 11.0. The van der Waals surface area contributed by atoms with Crippen LogP contribution in [0.3, 0.4) is 0 Å². The summed E-state index contributed by atoms with van der Waals surface area (Å²) >= 11 is 3.35. The third kappa shape index (κ3) is 5.04. The molecule has 5 nitrogen and oxygen atoms in total. The molecule has 1 aromatic carbocycles. The number of benzene rings is 1. The predicted molar refractivity (Wildman–Crippen MR) is 83.4 cm³/mol. The van der Waals surface area contributed by atoms with E-state index in [1.54, 1.807) is 0 Å². The summed E-state index contributed by atoms with van der Waals surface area (Å²) in [5.74, 6) is -0.500. The molecular weight excluding hydrogens is 338 g/mol. The number of carbonyl (C=O) groups is 2. The van der Waals surface area contributed by atoms with Crippen LogP contribution in [0.4, 0.5) is 0 Å². The molecule has 0 fully saturated rings. The molecule has 0 bridgehead atoms. The number of likely N-dealkylation sites (N-methyl/N-ethyl adjacent to an activating group) is 1. The molecule has 0 unspecified atom stereocenters. The van der Waals surface area contributed by atoms with E-state index in [2.05, 4.69) is 15.9 Å². The highest BCUT2D eigenvalue weighted by Gasteiger charge is 2.34. The lowest BCUT2D eigenvalue weighted by Crippen LogP contribution is -2.50. The number of halogens is 1. The molecule has 6 heteroatoms. The SMILES string of the molecule is CN(C(=O)CCCOc1cccc(Br)c1)C(C)(C)C(=O)O. The van der Waals surface area contributed by atoms with Gasteiger partial charge in [0.2, 0.25) is 5.91 Å². The van der Waals surface area contributed by atoms with Gasteiger partial charge in [0.1, 0.15) is 11.3 Å². The Labute approximate surface area is 133 Å². The second-order valence-electron chi connectivity index (χ2n) is 5.23. The zero-order valence-electron chi connectivity index (χ0n) is 12.4. The molecule has 1 N–H and O–H groups in total. The highest BCUT2D eigenvalue weighted by atomic mass is 79.9. The average molecular weight is 358 g/mol. The van der Waals surface area contributed by atoms with Gasteiger partial charge >= 0.3 is 5.97 Å². The molecule has 0 radical (unpaired) electrons. The van der Waals surface area contributed by atoms with Crippen molar-refractivity contribution in [2.75, 3.05) is 13.7 Å². The fourth-order valence-corrected chi connectivity index (χ4v) is 1.97. The van der Waals surface area contributed by atoms with Gasteiger partial charge in [0, 0.05) is 17.9 Å². The van der Waals surface area contributed by atoms with Gasteiger partial charge in [-0.2, -0.15) is 0 Å². The molecule has 0 saturated heterocycles. The van der Waals surface area contributed by atoms with Crippen molar-refractivity contribution in [1.29, 1.82) is 0 Å². The summed E-state index contributed by atoms with van der Waals surface area (Å²) in [6.07, 6.45) is 0.784. The van der Waals surface area contributed by atoms with Crippen molar-refractivity contribution in [3.63, 3.8) is 0 Å². The molecule has 1 aromatic rings. The number of rotatable bonds is 7. The van der Waals surface area contributed by atoms with Gasteiger partial charge in [-0.1, -0.05) is 22.0 Å². The van der Waals surface area contributed by atoms with Crippen LogP contribution in [0.1, 0.15) is 26.7 Å². The Bertz CT molecular complexity index is 516. The monoisotopic (exact) mass is 357 g/mol. The Hall–Kier alpha value is -1.56. The molecular formula is C15H20BrNO4. The Morgan fingerprint density at radius 3 is 2.62 bits per heavy atom. The van der Waals surface area contributed by atoms with E-state index >= 15 is 0 Å². The minimum atomic E-state index is -1.21. The van der Waals surface area contributed by atoms with Crippen molar-refractivity contribution in [1.82, 2.24) is 4.90 Å². The first kappa shape index (κ1) is 17.5. The number of ether oxygens (including phenoxy) is 1. The van der Waals surface area contributed by atoms with Crippen LogP contribution in [-0.4, -0.2) is 41.1 Å². The largest absolute Gasteiger partial charge is 0.494 e. The van der Waals surface area contributed by atoms with Crippen molar-refractivity contribution < 1.29 is 19.4 Å². The first-order valence-corrected chi connectivity index (χ1v) is 7.43. The summed E-state index contributed by atoms with van der Waals surface area (Å²) in [7, 11) is 1.51. The predicted octanol–water partition coefficient (Wildman–Crippen LogP) is 2.93. The summed E-state index contributed by atoms with van der Waals surface area (Å²) in [4.78, 5) is 24.3. The van der Waals surface area contributed by atoms with E-state index in [0.717, 1.165) is 10.2 Å². The molecule has 0 heterocycles. The van der Waals surface area contributed by atoms with E-state index < -0.39 is 11.5 Å². The molecule has 0 aliphatic heterocycles. The molecule has 0 aromatic heterocycles. The van der Waals surface area contributed by atoms with Crippen LogP contribution in [0.5, 0.6) is 5.75 Å². The highest BCUT2D eigenvalue weighted by molar-refractivity contribution is 9.10. The van der Waals surface area contributed by atoms with Crippen LogP contribution in [0.25, 0.3) is 0 Å². The average Bonchev–Trinajstić information content (AvgIpc) is 2.42. The lowest BCUT2D eigenvalue weighted by atomic mass is 10.0. The fourth-order valence-electron chi connectivity index (χ4n) is 1.59. The lowest BCUT2D eigenvalue weighted by molar-refractivity contribution is -0.155. The number of carboxylic acid groups (broad SMARTS) is 1. The van der Waals surface area contributed by atoms with E-state index in [-0.39, 0.29) is 12.3 Å². The summed E-state index contributed by atoms with van der Waals surface area (Å²) in [5.41, 5.74) is -1.21. The van der Waals surface area contributed by atoms with Gasteiger partial charge in [0.15, 0.2) is 0 Å². The second kappa shape index (κ2) is 7.45. The molecule has 0 aliphatic rings. The molecule has 21 heavy (non-hydrogen) atoms. The van der Waals surface area contributed by atoms with Crippen LogP contribution < -0.4 is 4.74 Å². The van der Waals surface area contributed by atoms with Crippen molar-refractivity contribution in [2.24, 2.45) is 0 Å². The van der Waals surface area contributed by atoms with Crippen molar-refractivity contribution in [3.05, 3.63) is 28.7 Å². The van der Waals surface area contributed by atoms with Gasteiger partial charge in [0.05, 0.1) is 6.61 Å². The Morgan fingerprint density at radius 1 is 1.38 bits per heavy atom. The maximum Gasteiger partial charge on any atom is 0.329 e. The Morgan fingerprint density at radius 2 is 2.05 bits per heavy atom. The fraction of sp³-hybridized carbons (Fsp3) is 0.467. The molecule has 116 valence electrons. The van der Waals surface area contributed by atoms with Gasteiger partial charge in [-0.25, -0.2) is 4.79 Å². The zero-order valence-corrected chi connectivity index (χ0v) is 14.0. The number of hydrogen-bond donors (Lipinski definition) is 1. The molecule has 1 rings (SSSR count). The van der Waals surface area contributed by atoms with Crippen LogP contribution in [-0.2, 0) is 9.59 Å². The van der Waals surface area contributed by atoms with E-state index in [1.165, 1.54) is 25.8 Å². The second-order valence-corrected chi connectivity index (χ2v) is 6.14. The maximum absolute atomic E-state index is 12.0. The van der Waals surface area contributed by atoms with Crippen molar-refractivity contribution in [2.45, 2.75) is 32.2 Å². The highest BCUT2D eigenvalue weighted by Crippen LogP contribution is 2.18. The van der Waals surface area contributed by atoms with E-state index in [0.29, 0.717) is 13.0 Å². The minimum absolute atomic E-state index is 0.208. The molecule has 0 spiro atoms. The molecule has 0 aliphatic carbocycles. The Balaban J connectivity index is 2.39. The molecule has 0 saturated carbocycles. The van der Waals surface area contributed by atoms with Crippen LogP contribution in [0.15, 0.2) is 28.7 Å². The number of amides is 1. The number of nitrogens with zero attached hydrogens (tertiary/aromatic N) is 1. The first-order chi connectivity index (χ1) is 9.75. The standard InChI is InChI=1S/C15H20BrNO4/c1-15(2,14(19)20)17(3)13(18)8-5-9-21-12-7-4-6-11(16)10-12/h4,6-7,10H,5,8-9H2,1-3H3,(H,19,20). The van der Waals surface area contributed by atoms with E-state index in [1.807, 2.05) is 24.3 Å². The summed E-state index contributed by atoms with van der Waals surface area (Å²) < 4.78 is 6.46.